The highest BCUT2D eigenvalue weighted by molar-refractivity contribution is 7.93. The molecule has 0 radical (unpaired) electrons. The van der Waals surface area contributed by atoms with Crippen LogP contribution in [0.5, 0.6) is 0 Å². The molecular weight excluding hydrogens is 264 g/mol. The van der Waals surface area contributed by atoms with Crippen molar-refractivity contribution in [1.82, 2.24) is 0 Å². The first-order valence-corrected chi connectivity index (χ1v) is 7.72. The zero-order valence-electron chi connectivity index (χ0n) is 10.5. The fraction of sp³-hybridized carbons (Fsp3) is 0.462. The van der Waals surface area contributed by atoms with E-state index >= 15 is 0 Å². The van der Waals surface area contributed by atoms with Crippen LogP contribution in [-0.4, -0.2) is 26.9 Å². The molecule has 1 saturated heterocycles. The Bertz CT molecular complexity index is 555. The SMILES string of the molecule is N#CCc1ccc(NS(=O)(=O)C2CCOCC2)cc1. The third-order valence-corrected chi connectivity index (χ3v) is 4.97. The van der Waals surface area contributed by atoms with Crippen LogP contribution in [-0.2, 0) is 21.2 Å². The molecule has 1 aliphatic heterocycles. The van der Waals surface area contributed by atoms with Gasteiger partial charge < -0.3 is 4.74 Å². The van der Waals surface area contributed by atoms with E-state index in [1.807, 2.05) is 0 Å². The second-order valence-corrected chi connectivity index (χ2v) is 6.45. The summed E-state index contributed by atoms with van der Waals surface area (Å²) in [6.07, 6.45) is 1.39. The van der Waals surface area contributed by atoms with E-state index in [1.54, 1.807) is 24.3 Å². The molecule has 1 N–H and O–H groups in total. The molecule has 102 valence electrons. The van der Waals surface area contributed by atoms with Crippen molar-refractivity contribution in [3.05, 3.63) is 29.8 Å². The van der Waals surface area contributed by atoms with E-state index in [0.717, 1.165) is 5.56 Å². The molecule has 1 heterocycles. The average Bonchev–Trinajstić information content (AvgIpc) is 2.42. The minimum atomic E-state index is -3.36. The summed E-state index contributed by atoms with van der Waals surface area (Å²) in [7, 11) is -3.36. The third kappa shape index (κ3) is 3.69. The first kappa shape index (κ1) is 13.8. The van der Waals surface area contributed by atoms with Crippen LogP contribution in [0.15, 0.2) is 24.3 Å². The Labute approximate surface area is 113 Å². The largest absolute Gasteiger partial charge is 0.381 e. The fourth-order valence-electron chi connectivity index (χ4n) is 2.02. The predicted octanol–water partition coefficient (Wildman–Crippen LogP) is 1.67. The van der Waals surface area contributed by atoms with Gasteiger partial charge in [-0.15, -0.1) is 0 Å². The highest BCUT2D eigenvalue weighted by Crippen LogP contribution is 2.19. The molecule has 0 amide bonds. The van der Waals surface area contributed by atoms with Crippen molar-refractivity contribution in [1.29, 1.82) is 5.26 Å². The smallest absolute Gasteiger partial charge is 0.235 e. The summed E-state index contributed by atoms with van der Waals surface area (Å²) in [5.41, 5.74) is 1.41. The lowest BCUT2D eigenvalue weighted by Gasteiger charge is -2.22. The number of ether oxygens (including phenoxy) is 1. The number of anilines is 1. The molecule has 1 aromatic rings. The van der Waals surface area contributed by atoms with Gasteiger partial charge >= 0.3 is 0 Å². The molecule has 6 heteroatoms. The summed E-state index contributed by atoms with van der Waals surface area (Å²) in [5, 5.41) is 8.18. The van der Waals surface area contributed by atoms with Crippen molar-refractivity contribution in [2.75, 3.05) is 17.9 Å². The van der Waals surface area contributed by atoms with Gasteiger partial charge in [0.1, 0.15) is 0 Å². The van der Waals surface area contributed by atoms with E-state index in [1.165, 1.54) is 0 Å². The van der Waals surface area contributed by atoms with Crippen LogP contribution in [0.1, 0.15) is 18.4 Å². The summed E-state index contributed by atoms with van der Waals surface area (Å²) < 4.78 is 32.0. The monoisotopic (exact) mass is 280 g/mol. The van der Waals surface area contributed by atoms with Crippen LogP contribution in [0.3, 0.4) is 0 Å². The van der Waals surface area contributed by atoms with Crippen molar-refractivity contribution in [3.63, 3.8) is 0 Å². The van der Waals surface area contributed by atoms with Gasteiger partial charge in [-0.05, 0) is 30.5 Å². The molecule has 1 aliphatic rings. The number of nitriles is 1. The van der Waals surface area contributed by atoms with Crippen LogP contribution < -0.4 is 4.72 Å². The van der Waals surface area contributed by atoms with E-state index in [4.69, 9.17) is 10.00 Å². The maximum atomic E-state index is 12.1. The summed E-state index contributed by atoms with van der Waals surface area (Å²) >= 11 is 0. The lowest BCUT2D eigenvalue weighted by molar-refractivity contribution is 0.0984. The topological polar surface area (TPSA) is 79.2 Å². The van der Waals surface area contributed by atoms with E-state index in [0.29, 0.717) is 38.2 Å². The maximum Gasteiger partial charge on any atom is 0.235 e. The number of nitrogens with one attached hydrogen (secondary N) is 1. The Balaban J connectivity index is 2.05. The number of hydrogen-bond acceptors (Lipinski definition) is 4. The Morgan fingerprint density at radius 1 is 1.26 bits per heavy atom. The summed E-state index contributed by atoms with van der Waals surface area (Å²) in [4.78, 5) is 0. The van der Waals surface area contributed by atoms with Crippen LogP contribution in [0.2, 0.25) is 0 Å². The van der Waals surface area contributed by atoms with E-state index in [9.17, 15) is 8.42 Å². The van der Waals surface area contributed by atoms with Crippen LogP contribution in [0.4, 0.5) is 5.69 Å². The highest BCUT2D eigenvalue weighted by Gasteiger charge is 2.27. The minimum absolute atomic E-state index is 0.326. The Morgan fingerprint density at radius 2 is 1.89 bits per heavy atom. The van der Waals surface area contributed by atoms with Crippen molar-refractivity contribution in [3.8, 4) is 6.07 Å². The van der Waals surface area contributed by atoms with Gasteiger partial charge in [0.2, 0.25) is 10.0 Å². The van der Waals surface area contributed by atoms with Gasteiger partial charge in [0, 0.05) is 18.9 Å². The molecule has 5 nitrogen and oxygen atoms in total. The Kier molecular flexibility index (Phi) is 4.40. The number of hydrogen-bond donors (Lipinski definition) is 1. The molecule has 2 rings (SSSR count). The van der Waals surface area contributed by atoms with Gasteiger partial charge in [0.15, 0.2) is 0 Å². The van der Waals surface area contributed by atoms with Crippen LogP contribution >= 0.6 is 0 Å². The lowest BCUT2D eigenvalue weighted by atomic mass is 10.1. The summed E-state index contributed by atoms with van der Waals surface area (Å²) in [6.45, 7) is 0.985. The first-order valence-electron chi connectivity index (χ1n) is 6.17. The molecule has 0 spiro atoms. The molecule has 0 aliphatic carbocycles. The Hall–Kier alpha value is -1.58. The van der Waals surface area contributed by atoms with Gasteiger partial charge in [0.25, 0.3) is 0 Å². The first-order chi connectivity index (χ1) is 9.12. The molecule has 1 fully saturated rings. The molecule has 0 unspecified atom stereocenters. The van der Waals surface area contributed by atoms with Gasteiger partial charge in [-0.2, -0.15) is 5.26 Å². The van der Waals surface area contributed by atoms with Crippen molar-refractivity contribution in [2.45, 2.75) is 24.5 Å². The molecule has 0 aromatic heterocycles. The van der Waals surface area contributed by atoms with Gasteiger partial charge in [-0.1, -0.05) is 12.1 Å². The van der Waals surface area contributed by atoms with E-state index in [2.05, 4.69) is 10.8 Å². The molecule has 0 bridgehead atoms. The zero-order valence-corrected chi connectivity index (χ0v) is 11.3. The molecule has 1 aromatic carbocycles. The van der Waals surface area contributed by atoms with Crippen molar-refractivity contribution >= 4 is 15.7 Å². The molecule has 19 heavy (non-hydrogen) atoms. The second-order valence-electron chi connectivity index (χ2n) is 4.49. The van der Waals surface area contributed by atoms with Gasteiger partial charge in [-0.3, -0.25) is 4.72 Å². The second kappa shape index (κ2) is 6.04. The lowest BCUT2D eigenvalue weighted by Crippen LogP contribution is -2.33. The number of rotatable bonds is 4. The predicted molar refractivity (Wildman–Crippen MR) is 72.1 cm³/mol. The van der Waals surface area contributed by atoms with E-state index < -0.39 is 10.0 Å². The van der Waals surface area contributed by atoms with Crippen molar-refractivity contribution in [2.24, 2.45) is 0 Å². The van der Waals surface area contributed by atoms with Crippen LogP contribution in [0.25, 0.3) is 0 Å². The van der Waals surface area contributed by atoms with Crippen molar-refractivity contribution < 1.29 is 13.2 Å². The third-order valence-electron chi connectivity index (χ3n) is 3.10. The van der Waals surface area contributed by atoms with E-state index in [-0.39, 0.29) is 5.25 Å². The average molecular weight is 280 g/mol. The number of sulfonamides is 1. The molecule has 0 saturated carbocycles. The van der Waals surface area contributed by atoms with Gasteiger partial charge in [0.05, 0.1) is 17.7 Å². The standard InChI is InChI=1S/C13H16N2O3S/c14-8-5-11-1-3-12(4-2-11)15-19(16,17)13-6-9-18-10-7-13/h1-4,13,15H,5-7,9-10H2. The number of nitrogens with zero attached hydrogens (tertiary/aromatic N) is 1. The molecular formula is C13H16N2O3S. The molecule has 0 atom stereocenters. The number of benzene rings is 1. The quantitative estimate of drug-likeness (QED) is 0.910. The maximum absolute atomic E-state index is 12.1. The summed E-state index contributed by atoms with van der Waals surface area (Å²) in [6, 6.07) is 8.93. The fourth-order valence-corrected chi connectivity index (χ4v) is 3.46. The van der Waals surface area contributed by atoms with Crippen LogP contribution in [0, 0.1) is 11.3 Å². The Morgan fingerprint density at radius 3 is 2.47 bits per heavy atom. The minimum Gasteiger partial charge on any atom is -0.381 e. The summed E-state index contributed by atoms with van der Waals surface area (Å²) in [5.74, 6) is 0. The normalized spacial score (nSPS) is 16.8. The highest BCUT2D eigenvalue weighted by atomic mass is 32.2. The van der Waals surface area contributed by atoms with Gasteiger partial charge in [-0.25, -0.2) is 8.42 Å². The zero-order chi connectivity index (χ0) is 13.7.